The first-order valence-corrected chi connectivity index (χ1v) is 21.6. The molecule has 1 spiro atoms. The highest BCUT2D eigenvalue weighted by Gasteiger charge is 2.56. The molecule has 0 saturated heterocycles. The third-order valence-electron chi connectivity index (χ3n) is 15.1. The molecule has 4 aromatic carbocycles. The maximum absolute atomic E-state index is 2.64. The van der Waals surface area contributed by atoms with Crippen LogP contribution in [0.25, 0.3) is 28.1 Å². The standard InChI is InChI=1S/C54H54N2/c1-36-31-38-33-37(2)54(40(32-36)34-38)49-18-10-7-15-45(49)48-35-44(25-26-50(48)54)55(43-27-29-53(3,30-28-43)39-13-5-4-6-14-39)41-21-23-42(24-22-41)56-51-19-11-8-16-46(51)47-17-9-12-20-52(47)56/h4-11,13-19,21-23,25-29,35-38,40,42H,12,20,24,30-34H2,1-3H3. The lowest BCUT2D eigenvalue weighted by atomic mass is 9.49. The van der Waals surface area contributed by atoms with Gasteiger partial charge in [0.1, 0.15) is 0 Å². The van der Waals surface area contributed by atoms with Gasteiger partial charge in [0.05, 0.1) is 6.04 Å². The lowest BCUT2D eigenvalue weighted by Crippen LogP contribution is -2.49. The van der Waals surface area contributed by atoms with E-state index in [1.54, 1.807) is 11.1 Å². The van der Waals surface area contributed by atoms with Crippen molar-refractivity contribution in [1.82, 2.24) is 4.57 Å². The van der Waals surface area contributed by atoms with Crippen LogP contribution >= 0.6 is 0 Å². The summed E-state index contributed by atoms with van der Waals surface area (Å²) in [5.41, 5.74) is 15.6. The first kappa shape index (κ1) is 34.2. The molecule has 6 aliphatic carbocycles. The SMILES string of the molecule is CC1CC2CC(C)C3(c4ccccc4-c4cc(N(C5=CCC(n6c7c(c8ccccc86)C=CCC7)C=C5)C5=CCC(C)(c6ccccc6)C=C5)ccc43)C(C1)C2. The Morgan fingerprint density at radius 3 is 2.38 bits per heavy atom. The molecule has 2 saturated carbocycles. The summed E-state index contributed by atoms with van der Waals surface area (Å²) in [6.07, 6.45) is 29.1. The molecule has 0 radical (unpaired) electrons. The van der Waals surface area contributed by atoms with Gasteiger partial charge in [-0.15, -0.1) is 0 Å². The number of para-hydroxylation sites is 1. The van der Waals surface area contributed by atoms with Crippen molar-refractivity contribution in [3.05, 3.63) is 179 Å². The van der Waals surface area contributed by atoms with E-state index in [4.69, 9.17) is 0 Å². The van der Waals surface area contributed by atoms with E-state index in [9.17, 15) is 0 Å². The number of anilines is 1. The normalized spacial score (nSPS) is 29.8. The summed E-state index contributed by atoms with van der Waals surface area (Å²) in [4.78, 5) is 2.57. The average Bonchev–Trinajstić information content (AvgIpc) is 3.72. The molecule has 7 atom stereocenters. The minimum absolute atomic E-state index is 0.0311. The van der Waals surface area contributed by atoms with Crippen LogP contribution in [0.2, 0.25) is 0 Å². The van der Waals surface area contributed by atoms with Crippen molar-refractivity contribution in [2.45, 2.75) is 89.0 Å². The maximum Gasteiger partial charge on any atom is 0.0558 e. The quantitative estimate of drug-likeness (QED) is 0.175. The van der Waals surface area contributed by atoms with E-state index < -0.39 is 0 Å². The van der Waals surface area contributed by atoms with Crippen LogP contribution in [0.1, 0.15) is 99.7 Å². The van der Waals surface area contributed by atoms with Crippen LogP contribution in [-0.4, -0.2) is 4.57 Å². The largest absolute Gasteiger partial charge is 0.337 e. The highest BCUT2D eigenvalue weighted by Crippen LogP contribution is 2.65. The minimum Gasteiger partial charge on any atom is -0.337 e. The zero-order chi connectivity index (χ0) is 37.6. The second-order valence-corrected chi connectivity index (χ2v) is 18.4. The number of fused-ring (bicyclic) bond motifs is 11. The highest BCUT2D eigenvalue weighted by atomic mass is 15.2. The highest BCUT2D eigenvalue weighted by molar-refractivity contribution is 5.92. The van der Waals surface area contributed by atoms with Gasteiger partial charge in [-0.25, -0.2) is 0 Å². The molecule has 2 fully saturated rings. The van der Waals surface area contributed by atoms with Crippen LogP contribution in [0.15, 0.2) is 151 Å². The number of benzene rings is 4. The Hall–Kier alpha value is -5.08. The van der Waals surface area contributed by atoms with E-state index in [-0.39, 0.29) is 10.8 Å². The molecule has 5 aromatic rings. The van der Waals surface area contributed by atoms with Gasteiger partial charge < -0.3 is 9.47 Å². The van der Waals surface area contributed by atoms with Crippen LogP contribution in [0.4, 0.5) is 5.69 Å². The smallest absolute Gasteiger partial charge is 0.0558 e. The third kappa shape index (κ3) is 5.07. The number of nitrogens with zero attached hydrogens (tertiary/aromatic N) is 2. The molecule has 0 aliphatic heterocycles. The summed E-state index contributed by atoms with van der Waals surface area (Å²) >= 11 is 0. The Kier molecular flexibility index (Phi) is 7.93. The fourth-order valence-corrected chi connectivity index (χ4v) is 12.8. The zero-order valence-electron chi connectivity index (χ0n) is 33.3. The fourth-order valence-electron chi connectivity index (χ4n) is 12.8. The molecule has 1 heterocycles. The number of allylic oxidation sites excluding steroid dienone is 7. The lowest BCUT2D eigenvalue weighted by Gasteiger charge is -2.54. The number of hydrogen-bond donors (Lipinski definition) is 0. The van der Waals surface area contributed by atoms with Crippen LogP contribution in [0, 0.1) is 23.7 Å². The van der Waals surface area contributed by atoms with E-state index in [0.29, 0.717) is 17.9 Å². The molecule has 56 heavy (non-hydrogen) atoms. The molecule has 2 nitrogen and oxygen atoms in total. The van der Waals surface area contributed by atoms with Crippen LogP contribution in [0.3, 0.4) is 0 Å². The Morgan fingerprint density at radius 2 is 1.54 bits per heavy atom. The molecule has 0 N–H and O–H groups in total. The summed E-state index contributed by atoms with van der Waals surface area (Å²) in [7, 11) is 0. The molecule has 6 aliphatic rings. The number of aromatic nitrogens is 1. The van der Waals surface area contributed by atoms with Gasteiger partial charge in [-0.1, -0.05) is 136 Å². The summed E-state index contributed by atoms with van der Waals surface area (Å²) in [6, 6.07) is 37.4. The first-order chi connectivity index (χ1) is 27.4. The van der Waals surface area contributed by atoms with E-state index >= 15 is 0 Å². The van der Waals surface area contributed by atoms with Gasteiger partial charge >= 0.3 is 0 Å². The molecule has 1 aromatic heterocycles. The predicted octanol–water partition coefficient (Wildman–Crippen LogP) is 13.7. The summed E-state index contributed by atoms with van der Waals surface area (Å²) < 4.78 is 2.64. The van der Waals surface area contributed by atoms with Gasteiger partial charge in [0.2, 0.25) is 0 Å². The Labute approximate surface area is 333 Å². The second-order valence-electron chi connectivity index (χ2n) is 18.4. The van der Waals surface area contributed by atoms with Crippen molar-refractivity contribution in [3.63, 3.8) is 0 Å². The van der Waals surface area contributed by atoms with Crippen molar-refractivity contribution in [2.24, 2.45) is 23.7 Å². The maximum atomic E-state index is 2.64. The number of rotatable bonds is 5. The van der Waals surface area contributed by atoms with Crippen LogP contribution in [0.5, 0.6) is 0 Å². The topological polar surface area (TPSA) is 8.17 Å². The van der Waals surface area contributed by atoms with E-state index in [0.717, 1.165) is 37.5 Å². The van der Waals surface area contributed by atoms with Gasteiger partial charge in [-0.3, -0.25) is 0 Å². The Morgan fingerprint density at radius 1 is 0.732 bits per heavy atom. The van der Waals surface area contributed by atoms with Crippen molar-refractivity contribution in [1.29, 1.82) is 0 Å². The van der Waals surface area contributed by atoms with E-state index in [1.165, 1.54) is 81.6 Å². The van der Waals surface area contributed by atoms with E-state index in [1.807, 2.05) is 0 Å². The average molecular weight is 731 g/mol. The van der Waals surface area contributed by atoms with Crippen molar-refractivity contribution >= 4 is 22.7 Å². The van der Waals surface area contributed by atoms with Crippen LogP contribution < -0.4 is 4.90 Å². The summed E-state index contributed by atoms with van der Waals surface area (Å²) in [6.45, 7) is 7.48. The minimum atomic E-state index is -0.0311. The van der Waals surface area contributed by atoms with Crippen molar-refractivity contribution in [3.8, 4) is 11.1 Å². The predicted molar refractivity (Wildman–Crippen MR) is 235 cm³/mol. The van der Waals surface area contributed by atoms with Gasteiger partial charge in [-0.2, -0.15) is 0 Å². The first-order valence-electron chi connectivity index (χ1n) is 21.6. The number of hydrogen-bond acceptors (Lipinski definition) is 1. The van der Waals surface area contributed by atoms with Crippen molar-refractivity contribution in [2.75, 3.05) is 4.90 Å². The Balaban J connectivity index is 1.01. The monoisotopic (exact) mass is 730 g/mol. The zero-order valence-corrected chi connectivity index (χ0v) is 33.3. The van der Waals surface area contributed by atoms with Gasteiger partial charge in [-0.05, 0) is 133 Å². The molecule has 0 amide bonds. The summed E-state index contributed by atoms with van der Waals surface area (Å²) in [5.74, 6) is 3.02. The van der Waals surface area contributed by atoms with Crippen LogP contribution in [-0.2, 0) is 17.3 Å². The third-order valence-corrected chi connectivity index (χ3v) is 15.1. The summed E-state index contributed by atoms with van der Waals surface area (Å²) in [5, 5.41) is 1.38. The fraction of sp³-hybridized carbons (Fsp3) is 0.333. The Bertz CT molecular complexity index is 2520. The van der Waals surface area contributed by atoms with Gasteiger partial charge in [0.25, 0.3) is 0 Å². The molecular weight excluding hydrogens is 677 g/mol. The van der Waals surface area contributed by atoms with E-state index in [2.05, 4.69) is 176 Å². The molecule has 7 unspecified atom stereocenters. The molecular formula is C54H54N2. The van der Waals surface area contributed by atoms with Gasteiger partial charge in [0.15, 0.2) is 0 Å². The van der Waals surface area contributed by atoms with Crippen molar-refractivity contribution < 1.29 is 0 Å². The molecule has 11 rings (SSSR count). The molecule has 280 valence electrons. The van der Waals surface area contributed by atoms with Gasteiger partial charge in [0, 0.05) is 50.1 Å². The second kappa shape index (κ2) is 13.0. The lowest BCUT2D eigenvalue weighted by molar-refractivity contribution is 0.0426. The molecule has 2 bridgehead atoms. The molecule has 2 heteroatoms.